The Morgan fingerprint density at radius 3 is 1.58 bits per heavy atom. The van der Waals surface area contributed by atoms with Crippen LogP contribution in [0.1, 0.15) is 67.2 Å². The maximum atomic E-state index is 13.9. The first-order valence-electron chi connectivity index (χ1n) is 12.8. The second-order valence-electron chi connectivity index (χ2n) is 10.2. The predicted octanol–water partition coefficient (Wildman–Crippen LogP) is 10.8. The fourth-order valence-electron chi connectivity index (χ4n) is 4.27. The zero-order valence-electron chi connectivity index (χ0n) is 22.7. The van der Waals surface area contributed by atoms with Crippen molar-refractivity contribution in [1.29, 1.82) is 0 Å². The molecule has 0 N–H and O–H groups in total. The van der Waals surface area contributed by atoms with Crippen molar-refractivity contribution in [3.05, 3.63) is 70.8 Å². The van der Waals surface area contributed by atoms with Gasteiger partial charge in [0, 0.05) is 12.3 Å². The number of benzene rings is 2. The lowest BCUT2D eigenvalue weighted by Gasteiger charge is -2.39. The lowest BCUT2D eigenvalue weighted by atomic mass is 9.84. The van der Waals surface area contributed by atoms with Crippen LogP contribution in [0.2, 0.25) is 0 Å². The molecule has 2 aromatic carbocycles. The van der Waals surface area contributed by atoms with Gasteiger partial charge in [-0.15, -0.1) is 11.6 Å². The van der Waals surface area contributed by atoms with Crippen molar-refractivity contribution >= 4 is 11.6 Å². The van der Waals surface area contributed by atoms with Gasteiger partial charge in [0.15, 0.2) is 0 Å². The molecular weight excluding hydrogens is 635 g/mol. The fourth-order valence-corrected chi connectivity index (χ4v) is 4.45. The Balaban J connectivity index is 2.00. The molecule has 2 unspecified atom stereocenters. The van der Waals surface area contributed by atoms with E-state index in [9.17, 15) is 57.1 Å². The van der Waals surface area contributed by atoms with E-state index in [0.29, 0.717) is 11.4 Å². The molecule has 0 fully saturated rings. The highest BCUT2D eigenvalue weighted by Crippen LogP contribution is 2.60. The summed E-state index contributed by atoms with van der Waals surface area (Å²) in [4.78, 5) is 0. The minimum Gasteiger partial charge on any atom is -0.377 e. The van der Waals surface area contributed by atoms with Crippen LogP contribution in [0.5, 0.6) is 0 Å². The maximum absolute atomic E-state index is 13.9. The van der Waals surface area contributed by atoms with Crippen LogP contribution in [0.15, 0.2) is 48.5 Å². The monoisotopic (exact) mass is 662 g/mol. The van der Waals surface area contributed by atoms with Crippen LogP contribution >= 0.6 is 11.6 Å². The molecule has 15 heteroatoms. The van der Waals surface area contributed by atoms with Gasteiger partial charge < -0.3 is 4.74 Å². The molecule has 0 bridgehead atoms. The minimum absolute atomic E-state index is 0.0677. The molecule has 43 heavy (non-hydrogen) atoms. The number of hydrogen-bond donors (Lipinski definition) is 0. The second-order valence-corrected chi connectivity index (χ2v) is 10.4. The van der Waals surface area contributed by atoms with Crippen LogP contribution in [-0.2, 0) is 17.2 Å². The molecule has 0 saturated heterocycles. The van der Waals surface area contributed by atoms with E-state index in [2.05, 4.69) is 0 Å². The van der Waals surface area contributed by atoms with Crippen molar-refractivity contribution in [2.45, 2.75) is 93.2 Å². The second kappa shape index (κ2) is 13.4. The Kier molecular flexibility index (Phi) is 11.5. The van der Waals surface area contributed by atoms with Gasteiger partial charge in [-0.1, -0.05) is 62.4 Å². The average molecular weight is 663 g/mol. The van der Waals surface area contributed by atoms with E-state index in [1.807, 2.05) is 38.1 Å². The zero-order valence-corrected chi connectivity index (χ0v) is 23.5. The molecule has 0 aromatic heterocycles. The molecule has 0 aliphatic carbocycles. The number of hydrogen-bond acceptors (Lipinski definition) is 1. The molecule has 2 rings (SSSR count). The van der Waals surface area contributed by atoms with E-state index in [1.54, 1.807) is 12.1 Å². The van der Waals surface area contributed by atoms with Crippen LogP contribution in [0.3, 0.4) is 0 Å². The molecular formula is C28H28ClF13O. The minimum atomic E-state index is -7.91. The van der Waals surface area contributed by atoms with Gasteiger partial charge in [-0.2, -0.15) is 57.1 Å². The Bertz CT molecular complexity index is 1160. The Labute approximate surface area is 244 Å². The Hall–Kier alpha value is -2.22. The highest BCUT2D eigenvalue weighted by molar-refractivity contribution is 6.17. The summed E-state index contributed by atoms with van der Waals surface area (Å²) in [6.07, 6.45) is -8.19. The topological polar surface area (TPSA) is 9.23 Å². The largest absolute Gasteiger partial charge is 0.460 e. The van der Waals surface area contributed by atoms with Crippen molar-refractivity contribution in [3.63, 3.8) is 0 Å². The summed E-state index contributed by atoms with van der Waals surface area (Å²) in [6, 6.07) is 14.3. The van der Waals surface area contributed by atoms with Crippen molar-refractivity contribution in [1.82, 2.24) is 0 Å². The van der Waals surface area contributed by atoms with Crippen LogP contribution in [0.25, 0.3) is 0 Å². The molecule has 2 aromatic rings. The summed E-state index contributed by atoms with van der Waals surface area (Å²) in [5, 5.41) is 0. The Morgan fingerprint density at radius 1 is 0.651 bits per heavy atom. The Morgan fingerprint density at radius 2 is 1.12 bits per heavy atom. The van der Waals surface area contributed by atoms with E-state index < -0.39 is 55.4 Å². The van der Waals surface area contributed by atoms with E-state index in [-0.39, 0.29) is 11.8 Å². The molecule has 0 aliphatic rings. The van der Waals surface area contributed by atoms with Crippen LogP contribution < -0.4 is 0 Å². The van der Waals surface area contributed by atoms with Gasteiger partial charge >= 0.3 is 35.8 Å². The number of halogens is 14. The molecule has 2 atom stereocenters. The summed E-state index contributed by atoms with van der Waals surface area (Å²) in [6.45, 7) is 2.06. The van der Waals surface area contributed by atoms with Gasteiger partial charge in [-0.05, 0) is 46.9 Å². The van der Waals surface area contributed by atoms with Gasteiger partial charge in [0.1, 0.15) is 0 Å². The number of rotatable bonds is 15. The molecule has 244 valence electrons. The first-order valence-corrected chi connectivity index (χ1v) is 13.4. The number of ether oxygens (including phenoxy) is 1. The lowest BCUT2D eigenvalue weighted by Crippen LogP contribution is -2.70. The normalized spacial score (nSPS) is 15.4. The molecule has 1 nitrogen and oxygen atoms in total. The standard InChI is InChI=1S/C28H28ClF13O/c1-3-20(22-10-4-18(15-29)5-11-22)14-17(2)21-8-6-19(7-9-21)16-43-13-12-23(30,31)24(32,33)25(34,35)26(36,37)27(38,39)28(40,41)42/h4-11,17,20H,3,12-16H2,1-2H3. The van der Waals surface area contributed by atoms with Gasteiger partial charge in [0.2, 0.25) is 0 Å². The summed E-state index contributed by atoms with van der Waals surface area (Å²) in [5.74, 6) is -36.2. The van der Waals surface area contributed by atoms with Crippen LogP contribution in [-0.4, -0.2) is 42.4 Å². The summed E-state index contributed by atoms with van der Waals surface area (Å²) in [5.41, 5.74) is 3.33. The third kappa shape index (κ3) is 7.54. The van der Waals surface area contributed by atoms with Crippen LogP contribution in [0, 0.1) is 0 Å². The number of alkyl halides is 14. The molecule has 0 amide bonds. The highest BCUT2D eigenvalue weighted by Gasteiger charge is 2.90. The summed E-state index contributed by atoms with van der Waals surface area (Å²) in [7, 11) is 0. The quantitative estimate of drug-likeness (QED) is 0.105. The fraction of sp³-hybridized carbons (Fsp3) is 0.571. The first-order chi connectivity index (χ1) is 19.6. The van der Waals surface area contributed by atoms with Gasteiger partial charge in [0.25, 0.3) is 0 Å². The zero-order chi connectivity index (χ0) is 33.1. The van der Waals surface area contributed by atoms with Crippen molar-refractivity contribution in [2.75, 3.05) is 6.61 Å². The van der Waals surface area contributed by atoms with E-state index in [0.717, 1.165) is 29.5 Å². The van der Waals surface area contributed by atoms with E-state index in [1.165, 1.54) is 12.1 Å². The van der Waals surface area contributed by atoms with Gasteiger partial charge in [0.05, 0.1) is 13.2 Å². The third-order valence-corrected chi connectivity index (χ3v) is 7.42. The molecule has 0 spiro atoms. The molecule has 0 saturated carbocycles. The summed E-state index contributed by atoms with van der Waals surface area (Å²) < 4.78 is 176. The van der Waals surface area contributed by atoms with Crippen LogP contribution in [0.4, 0.5) is 57.1 Å². The van der Waals surface area contributed by atoms with Crippen molar-refractivity contribution in [2.24, 2.45) is 0 Å². The molecule has 0 radical (unpaired) electrons. The van der Waals surface area contributed by atoms with E-state index >= 15 is 0 Å². The summed E-state index contributed by atoms with van der Waals surface area (Å²) >= 11 is 5.83. The van der Waals surface area contributed by atoms with Gasteiger partial charge in [-0.25, -0.2) is 0 Å². The SMILES string of the molecule is CCC(CC(C)c1ccc(COCCC(F)(F)C(F)(F)C(F)(F)C(F)(F)C(F)(F)C(F)(F)F)cc1)c1ccc(CCl)cc1. The maximum Gasteiger partial charge on any atom is 0.460 e. The lowest BCUT2D eigenvalue weighted by molar-refractivity contribution is -0.440. The third-order valence-electron chi connectivity index (χ3n) is 7.11. The predicted molar refractivity (Wildman–Crippen MR) is 134 cm³/mol. The first kappa shape index (κ1) is 37.0. The van der Waals surface area contributed by atoms with E-state index in [4.69, 9.17) is 16.3 Å². The molecule has 0 aliphatic heterocycles. The van der Waals surface area contributed by atoms with Gasteiger partial charge in [-0.3, -0.25) is 0 Å². The average Bonchev–Trinajstić information content (AvgIpc) is 2.93. The molecule has 0 heterocycles. The van der Waals surface area contributed by atoms with Crippen molar-refractivity contribution in [3.8, 4) is 0 Å². The van der Waals surface area contributed by atoms with Crippen molar-refractivity contribution < 1.29 is 61.8 Å². The smallest absolute Gasteiger partial charge is 0.377 e. The highest BCUT2D eigenvalue weighted by atomic mass is 35.5.